The van der Waals surface area contributed by atoms with Crippen LogP contribution in [0.1, 0.15) is 38.5 Å². The van der Waals surface area contributed by atoms with Gasteiger partial charge in [0.25, 0.3) is 0 Å². The molecule has 2 aliphatic rings. The van der Waals surface area contributed by atoms with Crippen molar-refractivity contribution in [1.82, 2.24) is 5.32 Å². The molecule has 0 aromatic carbocycles. The van der Waals surface area contributed by atoms with Crippen LogP contribution < -0.4 is 5.32 Å². The molecule has 0 heterocycles. The van der Waals surface area contributed by atoms with E-state index in [1.807, 2.05) is 0 Å². The number of aliphatic hydroxyl groups is 1. The Bertz CT molecular complexity index is 145. The molecule has 2 atom stereocenters. The minimum atomic E-state index is -0.0647. The average molecular weight is 169 g/mol. The lowest BCUT2D eigenvalue weighted by Gasteiger charge is -2.28. The third-order valence-electron chi connectivity index (χ3n) is 3.37. The molecule has 2 rings (SSSR count). The molecule has 2 unspecified atom stereocenters. The lowest BCUT2D eigenvalue weighted by atomic mass is 9.85. The molecule has 2 saturated carbocycles. The zero-order chi connectivity index (χ0) is 8.39. The molecule has 2 aliphatic carbocycles. The lowest BCUT2D eigenvalue weighted by Crippen LogP contribution is -2.39. The molecule has 0 bridgehead atoms. The quantitative estimate of drug-likeness (QED) is 0.667. The van der Waals surface area contributed by atoms with Gasteiger partial charge < -0.3 is 10.4 Å². The highest BCUT2D eigenvalue weighted by molar-refractivity contribution is 4.84. The van der Waals surface area contributed by atoms with E-state index in [-0.39, 0.29) is 6.10 Å². The molecular formula is C10H19NO. The third-order valence-corrected chi connectivity index (χ3v) is 3.37. The summed E-state index contributed by atoms with van der Waals surface area (Å²) in [6.07, 6.45) is 7.52. The summed E-state index contributed by atoms with van der Waals surface area (Å²) in [5.41, 5.74) is 0. The molecular weight excluding hydrogens is 150 g/mol. The number of nitrogens with one attached hydrogen (secondary N) is 1. The Balaban J connectivity index is 1.64. The maximum Gasteiger partial charge on any atom is 0.0693 e. The van der Waals surface area contributed by atoms with E-state index in [4.69, 9.17) is 0 Å². The average Bonchev–Trinajstić information content (AvgIpc) is 2.33. The molecule has 0 radical (unpaired) electrons. The van der Waals surface area contributed by atoms with E-state index in [0.717, 1.165) is 18.9 Å². The fourth-order valence-corrected chi connectivity index (χ4v) is 2.19. The van der Waals surface area contributed by atoms with E-state index in [9.17, 15) is 5.11 Å². The minimum Gasteiger partial charge on any atom is -0.392 e. The molecule has 0 saturated heterocycles. The summed E-state index contributed by atoms with van der Waals surface area (Å²) in [5, 5.41) is 13.0. The molecule has 2 nitrogen and oxygen atoms in total. The van der Waals surface area contributed by atoms with Gasteiger partial charge in [0.05, 0.1) is 6.10 Å². The molecule has 0 spiro atoms. The number of hydrogen-bond acceptors (Lipinski definition) is 2. The summed E-state index contributed by atoms with van der Waals surface area (Å²) < 4.78 is 0. The van der Waals surface area contributed by atoms with Crippen LogP contribution in [0.15, 0.2) is 0 Å². The maximum absolute atomic E-state index is 9.53. The Morgan fingerprint density at radius 3 is 2.33 bits per heavy atom. The first-order valence-electron chi connectivity index (χ1n) is 5.28. The molecule has 2 fully saturated rings. The van der Waals surface area contributed by atoms with Crippen LogP contribution in [0.5, 0.6) is 0 Å². The van der Waals surface area contributed by atoms with E-state index in [2.05, 4.69) is 5.32 Å². The van der Waals surface area contributed by atoms with Crippen LogP contribution >= 0.6 is 0 Å². The second kappa shape index (κ2) is 3.75. The van der Waals surface area contributed by atoms with E-state index >= 15 is 0 Å². The Morgan fingerprint density at radius 1 is 1.08 bits per heavy atom. The zero-order valence-electron chi connectivity index (χ0n) is 7.63. The van der Waals surface area contributed by atoms with Gasteiger partial charge in [0.15, 0.2) is 0 Å². The first kappa shape index (κ1) is 8.52. The van der Waals surface area contributed by atoms with E-state index in [1.165, 1.54) is 32.1 Å². The van der Waals surface area contributed by atoms with Crippen molar-refractivity contribution in [2.45, 2.75) is 50.7 Å². The Labute approximate surface area is 74.4 Å². The van der Waals surface area contributed by atoms with Gasteiger partial charge >= 0.3 is 0 Å². The van der Waals surface area contributed by atoms with E-state index in [0.29, 0.717) is 6.04 Å². The van der Waals surface area contributed by atoms with Gasteiger partial charge in [0.1, 0.15) is 0 Å². The van der Waals surface area contributed by atoms with Crippen molar-refractivity contribution < 1.29 is 5.11 Å². The zero-order valence-corrected chi connectivity index (χ0v) is 7.63. The van der Waals surface area contributed by atoms with Crippen LogP contribution in [0.25, 0.3) is 0 Å². The summed E-state index contributed by atoms with van der Waals surface area (Å²) in [7, 11) is 0. The van der Waals surface area contributed by atoms with Crippen molar-refractivity contribution in [2.75, 3.05) is 6.54 Å². The smallest absolute Gasteiger partial charge is 0.0693 e. The topological polar surface area (TPSA) is 32.3 Å². The van der Waals surface area contributed by atoms with Crippen molar-refractivity contribution in [3.8, 4) is 0 Å². The highest BCUT2D eigenvalue weighted by Crippen LogP contribution is 2.26. The predicted octanol–water partition coefficient (Wildman–Crippen LogP) is 1.29. The Kier molecular flexibility index (Phi) is 2.66. The Hall–Kier alpha value is -0.0800. The highest BCUT2D eigenvalue weighted by Gasteiger charge is 2.26. The summed E-state index contributed by atoms with van der Waals surface area (Å²) >= 11 is 0. The predicted molar refractivity (Wildman–Crippen MR) is 49.0 cm³/mol. The first-order valence-corrected chi connectivity index (χ1v) is 5.28. The molecule has 0 amide bonds. The molecule has 2 N–H and O–H groups in total. The van der Waals surface area contributed by atoms with Gasteiger partial charge in [-0.1, -0.05) is 6.42 Å². The summed E-state index contributed by atoms with van der Waals surface area (Å²) in [4.78, 5) is 0. The van der Waals surface area contributed by atoms with Crippen molar-refractivity contribution >= 4 is 0 Å². The van der Waals surface area contributed by atoms with Gasteiger partial charge in [-0.05, 0) is 44.6 Å². The van der Waals surface area contributed by atoms with E-state index < -0.39 is 0 Å². The number of rotatable bonds is 3. The van der Waals surface area contributed by atoms with Crippen molar-refractivity contribution in [3.05, 3.63) is 0 Å². The van der Waals surface area contributed by atoms with Crippen molar-refractivity contribution in [3.63, 3.8) is 0 Å². The van der Waals surface area contributed by atoms with Gasteiger partial charge in [0, 0.05) is 6.04 Å². The van der Waals surface area contributed by atoms with Gasteiger partial charge in [-0.2, -0.15) is 0 Å². The van der Waals surface area contributed by atoms with Crippen molar-refractivity contribution in [1.29, 1.82) is 0 Å². The third kappa shape index (κ3) is 1.80. The van der Waals surface area contributed by atoms with Crippen LogP contribution in [0.3, 0.4) is 0 Å². The van der Waals surface area contributed by atoms with E-state index in [1.54, 1.807) is 0 Å². The van der Waals surface area contributed by atoms with Crippen molar-refractivity contribution in [2.24, 2.45) is 5.92 Å². The summed E-state index contributed by atoms with van der Waals surface area (Å²) in [6.45, 7) is 1.14. The molecule has 70 valence electrons. The second-order valence-corrected chi connectivity index (χ2v) is 4.31. The largest absolute Gasteiger partial charge is 0.392 e. The van der Waals surface area contributed by atoms with Gasteiger partial charge in [-0.3, -0.25) is 0 Å². The maximum atomic E-state index is 9.53. The normalized spacial score (nSPS) is 36.8. The molecule has 2 heteroatoms. The monoisotopic (exact) mass is 169 g/mol. The standard InChI is InChI=1S/C10H19NO/c12-10-6-2-5-9(10)11-7-8-3-1-4-8/h8-12H,1-7H2. The van der Waals surface area contributed by atoms with Gasteiger partial charge in [-0.25, -0.2) is 0 Å². The highest BCUT2D eigenvalue weighted by atomic mass is 16.3. The number of hydrogen-bond donors (Lipinski definition) is 2. The van der Waals surface area contributed by atoms with Gasteiger partial charge in [-0.15, -0.1) is 0 Å². The fraction of sp³-hybridized carbons (Fsp3) is 1.00. The van der Waals surface area contributed by atoms with Crippen LogP contribution in [-0.2, 0) is 0 Å². The van der Waals surface area contributed by atoms with Crippen LogP contribution in [0, 0.1) is 5.92 Å². The minimum absolute atomic E-state index is 0.0647. The molecule has 0 aliphatic heterocycles. The fourth-order valence-electron chi connectivity index (χ4n) is 2.19. The van der Waals surface area contributed by atoms with Crippen LogP contribution in [0.4, 0.5) is 0 Å². The molecule has 0 aromatic rings. The molecule has 0 aromatic heterocycles. The van der Waals surface area contributed by atoms with Gasteiger partial charge in [0.2, 0.25) is 0 Å². The number of aliphatic hydroxyl groups excluding tert-OH is 1. The van der Waals surface area contributed by atoms with Crippen LogP contribution in [-0.4, -0.2) is 23.8 Å². The summed E-state index contributed by atoms with van der Waals surface area (Å²) in [6, 6.07) is 0.408. The second-order valence-electron chi connectivity index (χ2n) is 4.31. The summed E-state index contributed by atoms with van der Waals surface area (Å²) in [5.74, 6) is 0.915. The van der Waals surface area contributed by atoms with Crippen LogP contribution in [0.2, 0.25) is 0 Å². The Morgan fingerprint density at radius 2 is 1.83 bits per heavy atom. The molecule has 12 heavy (non-hydrogen) atoms. The lowest BCUT2D eigenvalue weighted by molar-refractivity contribution is 0.142. The SMILES string of the molecule is OC1CCCC1NCC1CCC1. The first-order chi connectivity index (χ1) is 5.86.